The van der Waals surface area contributed by atoms with Crippen molar-refractivity contribution in [2.45, 2.75) is 30.8 Å². The van der Waals surface area contributed by atoms with Crippen molar-refractivity contribution in [1.82, 2.24) is 0 Å². The van der Waals surface area contributed by atoms with Crippen molar-refractivity contribution in [3.63, 3.8) is 0 Å². The normalized spacial score (nSPS) is 15.3. The maximum absolute atomic E-state index is 12.9. The van der Waals surface area contributed by atoms with Gasteiger partial charge in [0, 0.05) is 23.1 Å². The summed E-state index contributed by atoms with van der Waals surface area (Å²) in [5, 5.41) is 0. The van der Waals surface area contributed by atoms with Crippen LogP contribution >= 0.6 is 0 Å². The Bertz CT molecular complexity index is 1340. The van der Waals surface area contributed by atoms with Gasteiger partial charge < -0.3 is 0 Å². The van der Waals surface area contributed by atoms with Gasteiger partial charge in [-0.15, -0.1) is 0 Å². The summed E-state index contributed by atoms with van der Waals surface area (Å²) >= 11 is 0. The number of hydrogen-bond donors (Lipinski definition) is 0. The van der Waals surface area contributed by atoms with Crippen LogP contribution in [0.2, 0.25) is 0 Å². The molecule has 0 unspecified atom stereocenters. The molecule has 0 bridgehead atoms. The van der Waals surface area contributed by atoms with E-state index in [1.165, 1.54) is 25.1 Å². The van der Waals surface area contributed by atoms with Crippen LogP contribution in [0.3, 0.4) is 0 Å². The second kappa shape index (κ2) is 8.73. The van der Waals surface area contributed by atoms with E-state index < -0.39 is 31.7 Å². The zero-order valence-electron chi connectivity index (χ0n) is 17.2. The molecule has 170 valence electrons. The summed E-state index contributed by atoms with van der Waals surface area (Å²) in [7, 11) is -7.30. The Hall–Kier alpha value is -2.61. The largest absolute Gasteiger partial charge is 0.416 e. The van der Waals surface area contributed by atoms with Gasteiger partial charge in [-0.2, -0.15) is 21.6 Å². The summed E-state index contributed by atoms with van der Waals surface area (Å²) in [5.74, 6) is 5.68. The van der Waals surface area contributed by atoms with Gasteiger partial charge in [0.05, 0.1) is 28.2 Å². The number of fused-ring (bicyclic) bond motifs is 1. The molecule has 0 fully saturated rings. The summed E-state index contributed by atoms with van der Waals surface area (Å²) in [4.78, 5) is 0.118. The molecule has 0 N–H and O–H groups in total. The summed E-state index contributed by atoms with van der Waals surface area (Å²) in [5.41, 5.74) is 0.800. The number of unbranched alkanes of at least 4 members (excludes halogenated alkanes) is 1. The SMILES string of the molecule is CC1=C(c2ccc(C(F)(F)F)cc2)c2ccc(C#CCCCOS(C)(=O)=O)cc2S1(=O)=O. The third kappa shape index (κ3) is 5.23. The molecule has 2 aromatic carbocycles. The Balaban J connectivity index is 1.85. The molecular formula is C22H19F3O5S2. The van der Waals surface area contributed by atoms with Crippen molar-refractivity contribution in [1.29, 1.82) is 0 Å². The average Bonchev–Trinajstić information content (AvgIpc) is 2.89. The van der Waals surface area contributed by atoms with Crippen LogP contribution in [-0.2, 0) is 30.3 Å². The molecule has 2 aromatic rings. The molecule has 0 spiro atoms. The fourth-order valence-corrected chi connectivity index (χ4v) is 5.23. The number of alkyl halides is 3. The van der Waals surface area contributed by atoms with Crippen LogP contribution in [0.15, 0.2) is 52.3 Å². The van der Waals surface area contributed by atoms with Crippen molar-refractivity contribution in [3.8, 4) is 11.8 Å². The maximum Gasteiger partial charge on any atom is 0.416 e. The first kappa shape index (κ1) is 24.0. The second-order valence-electron chi connectivity index (χ2n) is 7.15. The molecule has 0 aliphatic carbocycles. The minimum Gasteiger partial charge on any atom is -0.270 e. The van der Waals surface area contributed by atoms with Crippen LogP contribution in [0.25, 0.3) is 5.57 Å². The molecule has 3 rings (SSSR count). The van der Waals surface area contributed by atoms with E-state index in [1.807, 2.05) is 0 Å². The predicted octanol–water partition coefficient (Wildman–Crippen LogP) is 4.38. The molecular weight excluding hydrogens is 465 g/mol. The van der Waals surface area contributed by atoms with E-state index in [0.29, 0.717) is 35.1 Å². The molecule has 10 heteroatoms. The smallest absolute Gasteiger partial charge is 0.270 e. The van der Waals surface area contributed by atoms with E-state index in [4.69, 9.17) is 0 Å². The van der Waals surface area contributed by atoms with Gasteiger partial charge in [0.1, 0.15) is 0 Å². The Morgan fingerprint density at radius 3 is 2.31 bits per heavy atom. The van der Waals surface area contributed by atoms with E-state index in [9.17, 15) is 30.0 Å². The van der Waals surface area contributed by atoms with Crippen molar-refractivity contribution in [3.05, 3.63) is 69.6 Å². The molecule has 1 aliphatic rings. The van der Waals surface area contributed by atoms with Gasteiger partial charge in [-0.3, -0.25) is 4.18 Å². The van der Waals surface area contributed by atoms with Gasteiger partial charge in [0.25, 0.3) is 10.1 Å². The Morgan fingerprint density at radius 1 is 1.06 bits per heavy atom. The predicted molar refractivity (Wildman–Crippen MR) is 114 cm³/mol. The van der Waals surface area contributed by atoms with Crippen LogP contribution in [-0.4, -0.2) is 29.7 Å². The van der Waals surface area contributed by atoms with Gasteiger partial charge in [0.15, 0.2) is 0 Å². The van der Waals surface area contributed by atoms with Gasteiger partial charge >= 0.3 is 6.18 Å². The summed E-state index contributed by atoms with van der Waals surface area (Å²) in [6.07, 6.45) is -2.78. The zero-order valence-corrected chi connectivity index (χ0v) is 18.8. The number of rotatable bonds is 5. The Morgan fingerprint density at radius 2 is 1.72 bits per heavy atom. The highest BCUT2D eigenvalue weighted by atomic mass is 32.2. The van der Waals surface area contributed by atoms with Crippen LogP contribution in [0, 0.1) is 11.8 Å². The van der Waals surface area contributed by atoms with Gasteiger partial charge in [0.2, 0.25) is 9.84 Å². The number of halogens is 3. The van der Waals surface area contributed by atoms with Gasteiger partial charge in [-0.25, -0.2) is 8.42 Å². The lowest BCUT2D eigenvalue weighted by molar-refractivity contribution is -0.137. The van der Waals surface area contributed by atoms with Crippen LogP contribution in [0.4, 0.5) is 13.2 Å². The lowest BCUT2D eigenvalue weighted by Gasteiger charge is -2.09. The van der Waals surface area contributed by atoms with Crippen molar-refractivity contribution in [2.24, 2.45) is 0 Å². The first-order valence-corrected chi connectivity index (χ1v) is 12.7. The first-order valence-electron chi connectivity index (χ1n) is 9.42. The number of sulfone groups is 1. The minimum absolute atomic E-state index is 0.00564. The monoisotopic (exact) mass is 484 g/mol. The molecule has 32 heavy (non-hydrogen) atoms. The van der Waals surface area contributed by atoms with Crippen molar-refractivity contribution in [2.75, 3.05) is 12.9 Å². The van der Waals surface area contributed by atoms with Gasteiger partial charge in [-0.05, 0) is 43.2 Å². The molecule has 0 atom stereocenters. The molecule has 0 saturated carbocycles. The second-order valence-corrected chi connectivity index (χ2v) is 10.9. The summed E-state index contributed by atoms with van der Waals surface area (Å²) in [6.45, 7) is 1.43. The quantitative estimate of drug-likeness (QED) is 0.358. The number of allylic oxidation sites excluding steroid dienone is 1. The van der Waals surface area contributed by atoms with Gasteiger partial charge in [-0.1, -0.05) is 30.0 Å². The molecule has 0 radical (unpaired) electrons. The fraction of sp³-hybridized carbons (Fsp3) is 0.273. The first-order chi connectivity index (χ1) is 14.8. The van der Waals surface area contributed by atoms with Crippen LogP contribution in [0.5, 0.6) is 0 Å². The molecule has 1 heterocycles. The Labute approximate surface area is 185 Å². The van der Waals surface area contributed by atoms with Crippen molar-refractivity contribution >= 4 is 25.5 Å². The standard InChI is InChI=1S/C22H19F3O5S2/c1-15-21(17-8-10-18(11-9-17)22(23,24)25)19-12-7-16(14-20(19)32(15,28)29)6-4-3-5-13-30-31(2,26)27/h7-12,14H,3,5,13H2,1-2H3. The van der Waals surface area contributed by atoms with E-state index in [-0.39, 0.29) is 16.4 Å². The van der Waals surface area contributed by atoms with Crippen LogP contribution < -0.4 is 0 Å². The zero-order chi connectivity index (χ0) is 23.7. The topological polar surface area (TPSA) is 77.5 Å². The van der Waals surface area contributed by atoms with E-state index in [2.05, 4.69) is 16.0 Å². The number of benzene rings is 2. The minimum atomic E-state index is -4.48. The highest BCUT2D eigenvalue weighted by Crippen LogP contribution is 2.43. The van der Waals surface area contributed by atoms with Crippen molar-refractivity contribution < 1.29 is 34.2 Å². The number of hydrogen-bond acceptors (Lipinski definition) is 5. The Kier molecular flexibility index (Phi) is 6.56. The summed E-state index contributed by atoms with van der Waals surface area (Å²) in [6, 6.07) is 9.04. The average molecular weight is 485 g/mol. The van der Waals surface area contributed by atoms with E-state index in [0.717, 1.165) is 18.4 Å². The third-order valence-corrected chi connectivity index (χ3v) is 7.29. The highest BCUT2D eigenvalue weighted by Gasteiger charge is 2.34. The maximum atomic E-state index is 12.9. The molecule has 1 aliphatic heterocycles. The molecule has 5 nitrogen and oxygen atoms in total. The molecule has 0 saturated heterocycles. The van der Waals surface area contributed by atoms with Crippen LogP contribution in [0.1, 0.15) is 42.0 Å². The third-order valence-electron chi connectivity index (χ3n) is 4.77. The lowest BCUT2D eigenvalue weighted by atomic mass is 9.96. The molecule has 0 aromatic heterocycles. The lowest BCUT2D eigenvalue weighted by Crippen LogP contribution is -2.04. The van der Waals surface area contributed by atoms with E-state index >= 15 is 0 Å². The fourth-order valence-electron chi connectivity index (χ4n) is 3.24. The molecule has 0 amide bonds. The summed E-state index contributed by atoms with van der Waals surface area (Å²) < 4.78 is 90.8. The van der Waals surface area contributed by atoms with E-state index in [1.54, 1.807) is 12.1 Å². The highest BCUT2D eigenvalue weighted by molar-refractivity contribution is 7.95.